The van der Waals surface area contributed by atoms with E-state index < -0.39 is 18.5 Å². The number of para-hydroxylation sites is 1. The van der Waals surface area contributed by atoms with Crippen molar-refractivity contribution < 1.29 is 27.4 Å². The minimum absolute atomic E-state index is 0.171. The third kappa shape index (κ3) is 7.40. The van der Waals surface area contributed by atoms with Crippen LogP contribution in [0.1, 0.15) is 43.9 Å². The van der Waals surface area contributed by atoms with Crippen LogP contribution in [0.5, 0.6) is 11.5 Å². The van der Waals surface area contributed by atoms with Crippen molar-refractivity contribution in [3.05, 3.63) is 59.4 Å². The molecule has 1 heterocycles. The minimum atomic E-state index is -2.74. The first kappa shape index (κ1) is 26.0. The normalized spacial score (nSPS) is 17.0. The summed E-state index contributed by atoms with van der Waals surface area (Å²) in [5, 5.41) is 0. The molecule has 2 aromatic rings. The lowest BCUT2D eigenvalue weighted by atomic mass is 10.1. The Hall–Kier alpha value is -3.23. The zero-order valence-corrected chi connectivity index (χ0v) is 19.2. The van der Waals surface area contributed by atoms with Crippen molar-refractivity contribution in [2.75, 3.05) is 13.7 Å². The number of halogens is 3. The summed E-state index contributed by atoms with van der Waals surface area (Å²) < 4.78 is 46.7. The van der Waals surface area contributed by atoms with Gasteiger partial charge in [-0.3, -0.25) is 9.69 Å². The van der Waals surface area contributed by atoms with Crippen molar-refractivity contribution >= 4 is 11.9 Å². The number of nitrogens with two attached hydrogens (primary N) is 1. The van der Waals surface area contributed by atoms with Crippen molar-refractivity contribution in [2.24, 2.45) is 16.6 Å². The predicted octanol–water partition coefficient (Wildman–Crippen LogP) is 5.06. The van der Waals surface area contributed by atoms with Crippen molar-refractivity contribution in [3.8, 4) is 11.5 Å². The van der Waals surface area contributed by atoms with Crippen LogP contribution in [0.25, 0.3) is 0 Å². The van der Waals surface area contributed by atoms with E-state index in [0.717, 1.165) is 12.8 Å². The SMILES string of the molecule is CC.CN1C(=O)[C@@H](c2ccc(F)c(OCC3CC3)c2)N=C1N.Cc1ccccc1OC(F)F. The van der Waals surface area contributed by atoms with Gasteiger partial charge in [0.1, 0.15) is 5.75 Å². The van der Waals surface area contributed by atoms with Crippen LogP contribution in [0.2, 0.25) is 0 Å². The standard InChI is InChI=1S/C14H16FN3O2.C8H8F2O.C2H6/c1-18-13(19)12(17-14(18)16)9-4-5-10(15)11(6-9)20-7-8-2-3-8;1-6-4-2-3-5-7(6)11-8(9)10;1-2/h4-6,8,12H,2-3,7H2,1H3,(H2,16,17);2-5,8H,1H3;1-2H3/t12-;;/m1../s1. The highest BCUT2D eigenvalue weighted by molar-refractivity contribution is 6.04. The van der Waals surface area contributed by atoms with Crippen molar-refractivity contribution in [1.29, 1.82) is 0 Å². The molecule has 1 amide bonds. The topological polar surface area (TPSA) is 77.2 Å². The van der Waals surface area contributed by atoms with Crippen LogP contribution in [0, 0.1) is 18.7 Å². The van der Waals surface area contributed by atoms with Crippen LogP contribution < -0.4 is 15.2 Å². The average molecular weight is 466 g/mol. The number of ether oxygens (including phenoxy) is 2. The third-order valence-corrected chi connectivity index (χ3v) is 4.92. The number of alkyl halides is 2. The quantitative estimate of drug-likeness (QED) is 0.647. The number of aryl methyl sites for hydroxylation is 1. The van der Waals surface area contributed by atoms with Gasteiger partial charge in [0.2, 0.25) is 0 Å². The van der Waals surface area contributed by atoms with E-state index in [-0.39, 0.29) is 23.4 Å². The Labute approximate surface area is 192 Å². The number of hydrogen-bond donors (Lipinski definition) is 1. The van der Waals surface area contributed by atoms with Gasteiger partial charge in [-0.25, -0.2) is 9.38 Å². The highest BCUT2D eigenvalue weighted by Crippen LogP contribution is 2.32. The molecule has 1 atom stereocenters. The molecule has 1 aliphatic carbocycles. The molecule has 0 unspecified atom stereocenters. The van der Waals surface area contributed by atoms with E-state index in [9.17, 15) is 18.0 Å². The van der Waals surface area contributed by atoms with E-state index in [2.05, 4.69) is 9.73 Å². The Kier molecular flexibility index (Phi) is 9.57. The van der Waals surface area contributed by atoms with E-state index in [0.29, 0.717) is 23.7 Å². The third-order valence-electron chi connectivity index (χ3n) is 4.92. The van der Waals surface area contributed by atoms with Gasteiger partial charge < -0.3 is 15.2 Å². The number of benzene rings is 2. The van der Waals surface area contributed by atoms with Gasteiger partial charge in [-0.15, -0.1) is 0 Å². The van der Waals surface area contributed by atoms with Gasteiger partial charge in [0, 0.05) is 7.05 Å². The zero-order chi connectivity index (χ0) is 24.5. The Balaban J connectivity index is 0.000000252. The van der Waals surface area contributed by atoms with E-state index in [1.54, 1.807) is 32.2 Å². The fourth-order valence-electron chi connectivity index (χ4n) is 2.86. The highest BCUT2D eigenvalue weighted by atomic mass is 19.3. The molecule has 9 heteroatoms. The first-order valence-corrected chi connectivity index (χ1v) is 10.8. The van der Waals surface area contributed by atoms with Gasteiger partial charge >= 0.3 is 6.61 Å². The molecular formula is C24H30F3N3O3. The highest BCUT2D eigenvalue weighted by Gasteiger charge is 2.32. The number of rotatable bonds is 6. The summed E-state index contributed by atoms with van der Waals surface area (Å²) in [6, 6.07) is 10.3. The van der Waals surface area contributed by atoms with Gasteiger partial charge in [0.15, 0.2) is 23.6 Å². The largest absolute Gasteiger partial charge is 0.490 e. The van der Waals surface area contributed by atoms with Gasteiger partial charge in [-0.1, -0.05) is 38.1 Å². The van der Waals surface area contributed by atoms with Gasteiger partial charge in [-0.2, -0.15) is 8.78 Å². The Morgan fingerprint density at radius 1 is 1.15 bits per heavy atom. The first-order chi connectivity index (χ1) is 15.8. The maximum atomic E-state index is 13.7. The van der Waals surface area contributed by atoms with Gasteiger partial charge in [-0.05, 0) is 55.0 Å². The summed E-state index contributed by atoms with van der Waals surface area (Å²) in [6.45, 7) is 3.50. The second-order valence-corrected chi connectivity index (χ2v) is 7.38. The van der Waals surface area contributed by atoms with E-state index in [1.807, 2.05) is 13.8 Å². The van der Waals surface area contributed by atoms with Crippen molar-refractivity contribution in [1.82, 2.24) is 4.90 Å². The lowest BCUT2D eigenvalue weighted by Crippen LogP contribution is -2.34. The van der Waals surface area contributed by atoms with Crippen molar-refractivity contribution in [2.45, 2.75) is 46.3 Å². The van der Waals surface area contributed by atoms with Crippen LogP contribution in [0.15, 0.2) is 47.5 Å². The number of amides is 1. The lowest BCUT2D eigenvalue weighted by molar-refractivity contribution is -0.126. The van der Waals surface area contributed by atoms with Crippen LogP contribution >= 0.6 is 0 Å². The maximum absolute atomic E-state index is 13.7. The summed E-state index contributed by atoms with van der Waals surface area (Å²) in [7, 11) is 1.56. The second-order valence-electron chi connectivity index (χ2n) is 7.38. The molecule has 2 N–H and O–H groups in total. The number of aliphatic imine (C=N–C) groups is 1. The molecule has 2 aromatic carbocycles. The number of carbonyl (C=O) groups excluding carboxylic acids is 1. The van der Waals surface area contributed by atoms with Crippen LogP contribution in [0.3, 0.4) is 0 Å². The molecule has 0 radical (unpaired) electrons. The molecule has 0 aromatic heterocycles. The smallest absolute Gasteiger partial charge is 0.387 e. The molecule has 180 valence electrons. The zero-order valence-electron chi connectivity index (χ0n) is 19.2. The average Bonchev–Trinajstić information content (AvgIpc) is 3.59. The molecule has 1 fully saturated rings. The first-order valence-electron chi connectivity index (χ1n) is 10.8. The summed E-state index contributed by atoms with van der Waals surface area (Å²) >= 11 is 0. The maximum Gasteiger partial charge on any atom is 0.387 e. The molecular weight excluding hydrogens is 435 g/mol. The lowest BCUT2D eigenvalue weighted by Gasteiger charge is -2.12. The van der Waals surface area contributed by atoms with Crippen LogP contribution in [-0.4, -0.2) is 37.0 Å². The van der Waals surface area contributed by atoms with Gasteiger partial charge in [0.05, 0.1) is 6.61 Å². The molecule has 1 saturated carbocycles. The molecule has 0 bridgehead atoms. The van der Waals surface area contributed by atoms with Crippen LogP contribution in [-0.2, 0) is 4.79 Å². The summed E-state index contributed by atoms with van der Waals surface area (Å²) in [4.78, 5) is 17.4. The van der Waals surface area contributed by atoms with E-state index >= 15 is 0 Å². The number of likely N-dealkylation sites (N-methyl/N-ethyl adjacent to an activating group) is 1. The molecule has 6 nitrogen and oxygen atoms in total. The fourth-order valence-corrected chi connectivity index (χ4v) is 2.86. The van der Waals surface area contributed by atoms with E-state index in [1.165, 1.54) is 29.2 Å². The predicted molar refractivity (Wildman–Crippen MR) is 121 cm³/mol. The molecule has 0 saturated heterocycles. The Morgan fingerprint density at radius 2 is 1.82 bits per heavy atom. The number of carbonyl (C=O) groups is 1. The number of hydrogen-bond acceptors (Lipinski definition) is 5. The summed E-state index contributed by atoms with van der Waals surface area (Å²) in [5.41, 5.74) is 6.93. The Bertz CT molecular complexity index is 965. The molecule has 1 aliphatic heterocycles. The van der Waals surface area contributed by atoms with Crippen molar-refractivity contribution in [3.63, 3.8) is 0 Å². The van der Waals surface area contributed by atoms with Gasteiger partial charge in [0.25, 0.3) is 5.91 Å². The molecule has 2 aliphatic rings. The molecule has 0 spiro atoms. The van der Waals surface area contributed by atoms with E-state index in [4.69, 9.17) is 10.5 Å². The minimum Gasteiger partial charge on any atom is -0.490 e. The summed E-state index contributed by atoms with van der Waals surface area (Å²) in [6.07, 6.45) is 2.27. The number of nitrogens with zero attached hydrogens (tertiary/aromatic N) is 2. The second kappa shape index (κ2) is 12.1. The Morgan fingerprint density at radius 3 is 2.36 bits per heavy atom. The van der Waals surface area contributed by atoms with Crippen LogP contribution in [0.4, 0.5) is 13.2 Å². The monoisotopic (exact) mass is 465 g/mol. The summed E-state index contributed by atoms with van der Waals surface area (Å²) in [5.74, 6) is 0.469. The molecule has 33 heavy (non-hydrogen) atoms. The number of guanidine groups is 1. The molecule has 4 rings (SSSR count). The fraction of sp³-hybridized carbons (Fsp3) is 0.417.